The van der Waals surface area contributed by atoms with Crippen molar-refractivity contribution in [3.8, 4) is 0 Å². The number of fused-ring (bicyclic) bond motifs is 1. The Morgan fingerprint density at radius 3 is 2.57 bits per heavy atom. The Morgan fingerprint density at radius 2 is 1.87 bits per heavy atom. The molecule has 1 fully saturated rings. The number of rotatable bonds is 4. The third-order valence-corrected chi connectivity index (χ3v) is 5.87. The van der Waals surface area contributed by atoms with E-state index >= 15 is 0 Å². The number of piperidine rings is 1. The molecule has 0 aromatic heterocycles. The fourth-order valence-electron chi connectivity index (χ4n) is 3.70. The zero-order valence-corrected chi connectivity index (χ0v) is 17.2. The van der Waals surface area contributed by atoms with E-state index in [0.717, 1.165) is 11.1 Å². The van der Waals surface area contributed by atoms with Crippen molar-refractivity contribution < 1.29 is 19.2 Å². The Kier molecular flexibility index (Phi) is 5.49. The quantitative estimate of drug-likeness (QED) is 0.707. The summed E-state index contributed by atoms with van der Waals surface area (Å²) < 4.78 is 0. The maximum atomic E-state index is 12.9. The molecule has 2 heterocycles. The molecule has 7 nitrogen and oxygen atoms in total. The van der Waals surface area contributed by atoms with Crippen LogP contribution in [0.5, 0.6) is 0 Å². The van der Waals surface area contributed by atoms with E-state index < -0.39 is 17.9 Å². The molecule has 1 atom stereocenters. The van der Waals surface area contributed by atoms with E-state index in [2.05, 4.69) is 10.6 Å². The number of halogens is 2. The highest BCUT2D eigenvalue weighted by molar-refractivity contribution is 6.39. The van der Waals surface area contributed by atoms with Crippen molar-refractivity contribution in [1.82, 2.24) is 15.5 Å². The third kappa shape index (κ3) is 3.78. The zero-order chi connectivity index (χ0) is 21.4. The summed E-state index contributed by atoms with van der Waals surface area (Å²) in [5.74, 6) is -1.45. The molecule has 9 heteroatoms. The van der Waals surface area contributed by atoms with Crippen molar-refractivity contribution in [2.24, 2.45) is 0 Å². The molecule has 0 spiro atoms. The lowest BCUT2D eigenvalue weighted by Crippen LogP contribution is -2.52. The van der Waals surface area contributed by atoms with Crippen LogP contribution in [0.1, 0.15) is 44.7 Å². The lowest BCUT2D eigenvalue weighted by atomic mass is 10.0. The molecule has 154 valence electrons. The lowest BCUT2D eigenvalue weighted by molar-refractivity contribution is -0.136. The van der Waals surface area contributed by atoms with Crippen LogP contribution in [-0.4, -0.2) is 34.6 Å². The summed E-state index contributed by atoms with van der Waals surface area (Å²) in [7, 11) is 0. The normalized spacial score (nSPS) is 18.3. The number of hydrogen-bond donors (Lipinski definition) is 2. The average molecular weight is 446 g/mol. The molecule has 2 aliphatic heterocycles. The number of nitrogens with zero attached hydrogens (tertiary/aromatic N) is 1. The summed E-state index contributed by atoms with van der Waals surface area (Å²) in [4.78, 5) is 50.3. The average Bonchev–Trinajstić information content (AvgIpc) is 3.02. The maximum Gasteiger partial charge on any atom is 0.255 e. The van der Waals surface area contributed by atoms with E-state index in [4.69, 9.17) is 23.2 Å². The zero-order valence-electron chi connectivity index (χ0n) is 15.7. The van der Waals surface area contributed by atoms with Crippen LogP contribution >= 0.6 is 23.2 Å². The monoisotopic (exact) mass is 445 g/mol. The number of benzene rings is 2. The van der Waals surface area contributed by atoms with E-state index in [0.29, 0.717) is 18.5 Å². The van der Waals surface area contributed by atoms with Crippen LogP contribution in [0.4, 0.5) is 0 Å². The highest BCUT2D eigenvalue weighted by atomic mass is 35.5. The first-order valence-corrected chi connectivity index (χ1v) is 10.1. The van der Waals surface area contributed by atoms with Gasteiger partial charge in [0.1, 0.15) is 6.04 Å². The van der Waals surface area contributed by atoms with Crippen molar-refractivity contribution in [3.05, 3.63) is 68.7 Å². The molecule has 0 bridgehead atoms. The van der Waals surface area contributed by atoms with Gasteiger partial charge >= 0.3 is 0 Å². The SMILES string of the molecule is O=C1CCC(N2Cc3ccc(CNC(=O)c4c(Cl)cccc4Cl)cc3C2=O)C(=O)N1. The molecule has 1 unspecified atom stereocenters. The van der Waals surface area contributed by atoms with Crippen molar-refractivity contribution in [2.75, 3.05) is 0 Å². The Balaban J connectivity index is 1.47. The minimum atomic E-state index is -0.659. The first kappa shape index (κ1) is 20.4. The van der Waals surface area contributed by atoms with Crippen molar-refractivity contribution >= 4 is 46.8 Å². The van der Waals surface area contributed by atoms with Crippen LogP contribution in [0.2, 0.25) is 10.0 Å². The summed E-state index contributed by atoms with van der Waals surface area (Å²) >= 11 is 12.1. The summed E-state index contributed by atoms with van der Waals surface area (Å²) in [6, 6.07) is 9.49. The second-order valence-corrected chi connectivity index (χ2v) is 7.99. The van der Waals surface area contributed by atoms with Crippen LogP contribution < -0.4 is 10.6 Å². The van der Waals surface area contributed by atoms with Crippen LogP contribution in [0.15, 0.2) is 36.4 Å². The van der Waals surface area contributed by atoms with Gasteiger partial charge in [0.05, 0.1) is 15.6 Å². The van der Waals surface area contributed by atoms with Gasteiger partial charge in [0.15, 0.2) is 0 Å². The predicted octanol–water partition coefficient (Wildman–Crippen LogP) is 2.68. The number of carbonyl (C=O) groups excluding carboxylic acids is 4. The minimum absolute atomic E-state index is 0.180. The molecule has 2 aliphatic rings. The number of amides is 4. The van der Waals surface area contributed by atoms with E-state index in [9.17, 15) is 19.2 Å². The Hall–Kier alpha value is -2.90. The number of imide groups is 1. The van der Waals surface area contributed by atoms with Crippen LogP contribution in [0.25, 0.3) is 0 Å². The van der Waals surface area contributed by atoms with Gasteiger partial charge in [0.25, 0.3) is 11.8 Å². The first-order chi connectivity index (χ1) is 14.3. The highest BCUT2D eigenvalue weighted by Crippen LogP contribution is 2.28. The predicted molar refractivity (Wildman–Crippen MR) is 110 cm³/mol. The van der Waals surface area contributed by atoms with Gasteiger partial charge in [0.2, 0.25) is 11.8 Å². The van der Waals surface area contributed by atoms with Gasteiger partial charge in [-0.1, -0.05) is 41.4 Å². The Morgan fingerprint density at radius 1 is 1.13 bits per heavy atom. The highest BCUT2D eigenvalue weighted by Gasteiger charge is 2.39. The van der Waals surface area contributed by atoms with Crippen molar-refractivity contribution in [2.45, 2.75) is 32.0 Å². The van der Waals surface area contributed by atoms with Gasteiger partial charge in [0, 0.05) is 25.1 Å². The molecule has 1 saturated heterocycles. The van der Waals surface area contributed by atoms with Crippen LogP contribution in [-0.2, 0) is 22.7 Å². The van der Waals surface area contributed by atoms with E-state index in [1.165, 1.54) is 4.90 Å². The standard InChI is InChI=1S/C21H17Cl2N3O4/c22-14-2-1-3-15(23)18(14)20(29)24-9-11-4-5-12-10-26(21(30)13(12)8-11)16-6-7-17(27)25-19(16)28/h1-5,8,16H,6-7,9-10H2,(H,24,29)(H,25,27,28). The van der Waals surface area contributed by atoms with Gasteiger partial charge in [-0.15, -0.1) is 0 Å². The molecule has 0 saturated carbocycles. The molecule has 0 aliphatic carbocycles. The molecule has 2 N–H and O–H groups in total. The second-order valence-electron chi connectivity index (χ2n) is 7.17. The fourth-order valence-corrected chi connectivity index (χ4v) is 4.27. The van der Waals surface area contributed by atoms with Crippen molar-refractivity contribution in [3.63, 3.8) is 0 Å². The second kappa shape index (κ2) is 8.08. The van der Waals surface area contributed by atoms with Gasteiger partial charge in [-0.05, 0) is 35.7 Å². The summed E-state index contributed by atoms with van der Waals surface area (Å²) in [6.07, 6.45) is 0.518. The Labute approximate surface area is 182 Å². The number of nitrogens with one attached hydrogen (secondary N) is 2. The minimum Gasteiger partial charge on any atom is -0.348 e. The third-order valence-electron chi connectivity index (χ3n) is 5.24. The largest absolute Gasteiger partial charge is 0.348 e. The van der Waals surface area contributed by atoms with Crippen LogP contribution in [0, 0.1) is 0 Å². The van der Waals surface area contributed by atoms with Gasteiger partial charge in [-0.25, -0.2) is 0 Å². The lowest BCUT2D eigenvalue weighted by Gasteiger charge is -2.29. The first-order valence-electron chi connectivity index (χ1n) is 9.34. The summed E-state index contributed by atoms with van der Waals surface area (Å²) in [6.45, 7) is 0.488. The molecule has 30 heavy (non-hydrogen) atoms. The summed E-state index contributed by atoms with van der Waals surface area (Å²) in [5.41, 5.74) is 2.21. The number of hydrogen-bond acceptors (Lipinski definition) is 4. The smallest absolute Gasteiger partial charge is 0.255 e. The molecule has 0 radical (unpaired) electrons. The van der Waals surface area contributed by atoms with E-state index in [1.54, 1.807) is 24.3 Å². The molecule has 2 aromatic rings. The van der Waals surface area contributed by atoms with Gasteiger partial charge in [-0.3, -0.25) is 24.5 Å². The number of carbonyl (C=O) groups is 4. The summed E-state index contributed by atoms with van der Waals surface area (Å²) in [5, 5.41) is 5.54. The van der Waals surface area contributed by atoms with Crippen molar-refractivity contribution in [1.29, 1.82) is 0 Å². The maximum absolute atomic E-state index is 12.9. The molecular weight excluding hydrogens is 429 g/mol. The molecule has 4 rings (SSSR count). The van der Waals surface area contributed by atoms with Gasteiger partial charge < -0.3 is 10.2 Å². The molecule has 2 aromatic carbocycles. The molecular formula is C21H17Cl2N3O4. The van der Waals surface area contributed by atoms with E-state index in [1.807, 2.05) is 12.1 Å². The van der Waals surface area contributed by atoms with Gasteiger partial charge in [-0.2, -0.15) is 0 Å². The van der Waals surface area contributed by atoms with E-state index in [-0.39, 0.29) is 40.4 Å². The van der Waals surface area contributed by atoms with Crippen LogP contribution in [0.3, 0.4) is 0 Å². The molecule has 4 amide bonds. The Bertz CT molecular complexity index is 1070. The fraction of sp³-hybridized carbons (Fsp3) is 0.238. The topological polar surface area (TPSA) is 95.6 Å².